The fourth-order valence-corrected chi connectivity index (χ4v) is 4.10. The van der Waals surface area contributed by atoms with Crippen molar-refractivity contribution in [3.63, 3.8) is 0 Å². The number of fused-ring (bicyclic) bond motifs is 1. The van der Waals surface area contributed by atoms with E-state index >= 15 is 0 Å². The van der Waals surface area contributed by atoms with Crippen LogP contribution in [-0.2, 0) is 4.79 Å². The molecule has 0 spiro atoms. The Hall–Kier alpha value is -4.07. The molecule has 1 aromatic heterocycles. The first-order valence-corrected chi connectivity index (χ1v) is 10.5. The Morgan fingerprint density at radius 3 is 2.56 bits per heavy atom. The molecule has 3 aromatic rings. The average Bonchev–Trinajstić information content (AvgIpc) is 3.52. The van der Waals surface area contributed by atoms with Gasteiger partial charge in [0.05, 0.1) is 22.6 Å². The molecule has 8 heteroatoms. The van der Waals surface area contributed by atoms with E-state index in [-0.39, 0.29) is 11.7 Å². The number of hydrogen-bond acceptors (Lipinski definition) is 3. The van der Waals surface area contributed by atoms with Crippen molar-refractivity contribution >= 4 is 46.3 Å². The Kier molecular flexibility index (Phi) is 5.10. The van der Waals surface area contributed by atoms with Gasteiger partial charge >= 0.3 is 6.03 Å². The number of hydrogen-bond donors (Lipinski definition) is 4. The number of aromatic amines is 1. The summed E-state index contributed by atoms with van der Waals surface area (Å²) in [4.78, 5) is 30.6. The molecule has 162 valence electrons. The van der Waals surface area contributed by atoms with Crippen molar-refractivity contribution < 1.29 is 14.0 Å². The monoisotopic (exact) mass is 431 g/mol. The number of amides is 3. The summed E-state index contributed by atoms with van der Waals surface area (Å²) in [7, 11) is 0. The molecule has 2 aromatic carbocycles. The third kappa shape index (κ3) is 3.94. The molecule has 2 aliphatic heterocycles. The van der Waals surface area contributed by atoms with Gasteiger partial charge in [0.25, 0.3) is 5.91 Å². The number of carbonyl (C=O) groups excluding carboxylic acids is 2. The molecule has 5 rings (SSSR count). The van der Waals surface area contributed by atoms with E-state index in [0.717, 1.165) is 42.9 Å². The van der Waals surface area contributed by atoms with Gasteiger partial charge in [-0.25, -0.2) is 9.18 Å². The molecule has 0 atom stereocenters. The van der Waals surface area contributed by atoms with Crippen LogP contribution in [0, 0.1) is 5.82 Å². The first-order valence-electron chi connectivity index (χ1n) is 10.5. The largest absolute Gasteiger partial charge is 0.370 e. The molecule has 0 saturated carbocycles. The fourth-order valence-electron chi connectivity index (χ4n) is 4.10. The van der Waals surface area contributed by atoms with Crippen LogP contribution in [0.25, 0.3) is 11.6 Å². The Morgan fingerprint density at radius 2 is 1.84 bits per heavy atom. The first-order chi connectivity index (χ1) is 15.6. The zero-order valence-electron chi connectivity index (χ0n) is 17.2. The van der Waals surface area contributed by atoms with E-state index < -0.39 is 6.03 Å². The lowest BCUT2D eigenvalue weighted by molar-refractivity contribution is -0.110. The number of benzene rings is 2. The lowest BCUT2D eigenvalue weighted by Gasteiger charge is -2.23. The SMILES string of the molecule is O=C(Nc1ccc(F)cc1)Nc1cc2c(cc1N1CCCC1)/C(=C/c1ccc[nH]1)C(=O)N2. The van der Waals surface area contributed by atoms with Crippen molar-refractivity contribution in [1.29, 1.82) is 0 Å². The molecule has 2 aliphatic rings. The number of nitrogens with zero attached hydrogens (tertiary/aromatic N) is 1. The zero-order chi connectivity index (χ0) is 22.1. The fraction of sp³-hybridized carbons (Fsp3) is 0.167. The van der Waals surface area contributed by atoms with Crippen LogP contribution in [0.3, 0.4) is 0 Å². The summed E-state index contributed by atoms with van der Waals surface area (Å²) in [6, 6.07) is 12.7. The molecule has 7 nitrogen and oxygen atoms in total. The van der Waals surface area contributed by atoms with E-state index in [0.29, 0.717) is 22.6 Å². The van der Waals surface area contributed by atoms with Crippen LogP contribution in [-0.4, -0.2) is 30.0 Å². The molecule has 4 N–H and O–H groups in total. The maximum Gasteiger partial charge on any atom is 0.323 e. The third-order valence-electron chi connectivity index (χ3n) is 5.64. The summed E-state index contributed by atoms with van der Waals surface area (Å²) < 4.78 is 13.1. The van der Waals surface area contributed by atoms with Gasteiger partial charge in [0.15, 0.2) is 0 Å². The van der Waals surface area contributed by atoms with E-state index in [1.807, 2.05) is 30.5 Å². The van der Waals surface area contributed by atoms with Crippen molar-refractivity contribution in [1.82, 2.24) is 4.98 Å². The Bertz CT molecular complexity index is 1200. The van der Waals surface area contributed by atoms with Crippen LogP contribution in [0.15, 0.2) is 54.7 Å². The second kappa shape index (κ2) is 8.22. The second-order valence-corrected chi connectivity index (χ2v) is 7.83. The van der Waals surface area contributed by atoms with Gasteiger partial charge in [-0.2, -0.15) is 0 Å². The minimum atomic E-state index is -0.441. The second-order valence-electron chi connectivity index (χ2n) is 7.83. The normalized spacial score (nSPS) is 16.2. The predicted octanol–water partition coefficient (Wildman–Crippen LogP) is 4.89. The van der Waals surface area contributed by atoms with Gasteiger partial charge in [-0.1, -0.05) is 0 Å². The summed E-state index contributed by atoms with van der Waals surface area (Å²) in [5, 5.41) is 8.50. The first kappa shape index (κ1) is 19.9. The molecule has 1 fully saturated rings. The van der Waals surface area contributed by atoms with Crippen molar-refractivity contribution in [2.75, 3.05) is 33.9 Å². The maximum absolute atomic E-state index is 13.1. The number of anilines is 4. The Balaban J connectivity index is 1.47. The van der Waals surface area contributed by atoms with Crippen LogP contribution in [0.2, 0.25) is 0 Å². The Morgan fingerprint density at radius 1 is 1.06 bits per heavy atom. The van der Waals surface area contributed by atoms with Crippen LogP contribution < -0.4 is 20.9 Å². The number of urea groups is 1. The van der Waals surface area contributed by atoms with Gasteiger partial charge in [-0.05, 0) is 67.4 Å². The van der Waals surface area contributed by atoms with E-state index in [2.05, 4.69) is 25.8 Å². The molecule has 3 amide bonds. The number of carbonyl (C=O) groups is 2. The number of rotatable bonds is 4. The van der Waals surface area contributed by atoms with Crippen LogP contribution >= 0.6 is 0 Å². The molecule has 1 saturated heterocycles. The Labute approximate surface area is 184 Å². The molecule has 0 bridgehead atoms. The predicted molar refractivity (Wildman–Crippen MR) is 124 cm³/mol. The van der Waals surface area contributed by atoms with Crippen molar-refractivity contribution in [2.45, 2.75) is 12.8 Å². The highest BCUT2D eigenvalue weighted by atomic mass is 19.1. The van der Waals surface area contributed by atoms with Crippen molar-refractivity contribution in [2.24, 2.45) is 0 Å². The molecule has 0 unspecified atom stereocenters. The van der Waals surface area contributed by atoms with Gasteiger partial charge in [0.2, 0.25) is 0 Å². The molecular weight excluding hydrogens is 409 g/mol. The van der Waals surface area contributed by atoms with E-state index in [9.17, 15) is 14.0 Å². The van der Waals surface area contributed by atoms with Gasteiger partial charge in [-0.15, -0.1) is 0 Å². The van der Waals surface area contributed by atoms with Gasteiger partial charge in [0, 0.05) is 36.2 Å². The number of halogens is 1. The maximum atomic E-state index is 13.1. The lowest BCUT2D eigenvalue weighted by Crippen LogP contribution is -2.24. The molecular formula is C24H22FN5O2. The van der Waals surface area contributed by atoms with Gasteiger partial charge in [-0.3, -0.25) is 4.79 Å². The minimum absolute atomic E-state index is 0.185. The quantitative estimate of drug-likeness (QED) is 0.444. The molecule has 0 aliphatic carbocycles. The molecule has 0 radical (unpaired) electrons. The standard InChI is InChI=1S/C24H22FN5O2/c25-15-5-7-16(8-6-15)27-24(32)29-21-14-20-18(13-22(21)30-10-1-2-11-30)19(23(31)28-20)12-17-4-3-9-26-17/h3-9,12-14,26H,1-2,10-11H2,(H,28,31)(H2,27,29,32)/b19-12-. The van der Waals surface area contributed by atoms with Gasteiger partial charge < -0.3 is 25.8 Å². The van der Waals surface area contributed by atoms with E-state index in [1.54, 1.807) is 6.07 Å². The summed E-state index contributed by atoms with van der Waals surface area (Å²) in [6.45, 7) is 1.76. The minimum Gasteiger partial charge on any atom is -0.370 e. The topological polar surface area (TPSA) is 89.3 Å². The average molecular weight is 431 g/mol. The number of H-pyrrole nitrogens is 1. The highest BCUT2D eigenvalue weighted by Crippen LogP contribution is 2.41. The summed E-state index contributed by atoms with van der Waals surface area (Å²) >= 11 is 0. The summed E-state index contributed by atoms with van der Waals surface area (Å²) in [5.41, 5.74) is 4.81. The van der Waals surface area contributed by atoms with Gasteiger partial charge in [0.1, 0.15) is 5.82 Å². The third-order valence-corrected chi connectivity index (χ3v) is 5.64. The molecule has 3 heterocycles. The molecule has 32 heavy (non-hydrogen) atoms. The zero-order valence-corrected chi connectivity index (χ0v) is 17.2. The highest BCUT2D eigenvalue weighted by Gasteiger charge is 2.28. The van der Waals surface area contributed by atoms with Crippen LogP contribution in [0.4, 0.5) is 31.9 Å². The van der Waals surface area contributed by atoms with E-state index in [1.165, 1.54) is 24.3 Å². The van der Waals surface area contributed by atoms with E-state index in [4.69, 9.17) is 0 Å². The van der Waals surface area contributed by atoms with Crippen LogP contribution in [0.5, 0.6) is 0 Å². The summed E-state index contributed by atoms with van der Waals surface area (Å²) in [6.07, 6.45) is 5.77. The lowest BCUT2D eigenvalue weighted by atomic mass is 10.0. The van der Waals surface area contributed by atoms with Crippen LogP contribution in [0.1, 0.15) is 24.1 Å². The number of aromatic nitrogens is 1. The number of nitrogens with one attached hydrogen (secondary N) is 4. The van der Waals surface area contributed by atoms with Crippen molar-refractivity contribution in [3.05, 3.63) is 71.8 Å². The van der Waals surface area contributed by atoms with Crippen molar-refractivity contribution in [3.8, 4) is 0 Å². The summed E-state index contributed by atoms with van der Waals surface area (Å²) in [5.74, 6) is -0.556. The smallest absolute Gasteiger partial charge is 0.323 e. The highest BCUT2D eigenvalue weighted by molar-refractivity contribution is 6.35.